The maximum atomic E-state index is 10.4. The molecule has 1 heterocycles. The number of fused-ring (bicyclic) bond motifs is 1. The molecule has 1 aliphatic heterocycles. The van der Waals surface area contributed by atoms with Crippen molar-refractivity contribution in [1.29, 1.82) is 0 Å². The van der Waals surface area contributed by atoms with Crippen molar-refractivity contribution >= 4 is 0 Å². The summed E-state index contributed by atoms with van der Waals surface area (Å²) in [5.41, 5.74) is 0.149. The van der Waals surface area contributed by atoms with Crippen molar-refractivity contribution in [2.45, 2.75) is 70.9 Å². The van der Waals surface area contributed by atoms with Gasteiger partial charge in [-0.05, 0) is 55.9 Å². The minimum absolute atomic E-state index is 0.0832. The number of rotatable bonds is 2. The molecule has 2 saturated carbocycles. The van der Waals surface area contributed by atoms with Crippen LogP contribution in [0.5, 0.6) is 0 Å². The number of hydrogen-bond donors (Lipinski definition) is 1. The zero-order valence-corrected chi connectivity index (χ0v) is 12.1. The van der Waals surface area contributed by atoms with Gasteiger partial charge in [-0.25, -0.2) is 0 Å². The molecule has 0 aromatic heterocycles. The maximum Gasteiger partial charge on any atom is 0.0631 e. The third kappa shape index (κ3) is 2.22. The molecule has 1 N–H and O–H groups in total. The van der Waals surface area contributed by atoms with Crippen molar-refractivity contribution < 1.29 is 5.11 Å². The summed E-state index contributed by atoms with van der Waals surface area (Å²) in [7, 11) is 0. The van der Waals surface area contributed by atoms with Crippen LogP contribution in [0.4, 0.5) is 0 Å². The Morgan fingerprint density at radius 1 is 1.11 bits per heavy atom. The molecule has 4 atom stereocenters. The molecule has 0 bridgehead atoms. The molecular formula is C16H29NO. The number of aliphatic hydroxyl groups excluding tert-OH is 1. The lowest BCUT2D eigenvalue weighted by molar-refractivity contribution is 0.0277. The van der Waals surface area contributed by atoms with E-state index in [9.17, 15) is 5.11 Å². The fraction of sp³-hybridized carbons (Fsp3) is 1.00. The largest absolute Gasteiger partial charge is 0.392 e. The van der Waals surface area contributed by atoms with Crippen molar-refractivity contribution in [1.82, 2.24) is 4.90 Å². The van der Waals surface area contributed by atoms with Gasteiger partial charge in [-0.1, -0.05) is 26.7 Å². The van der Waals surface area contributed by atoms with E-state index in [4.69, 9.17) is 0 Å². The standard InChI is InChI=1S/C16H29NO/c1-16(2)9-7-13(15(16)18)11-17-10-8-12-5-3-4-6-14(12)17/h12-15,18H,3-11H2,1-2H3. The van der Waals surface area contributed by atoms with E-state index in [2.05, 4.69) is 18.7 Å². The fourth-order valence-corrected chi connectivity index (χ4v) is 4.72. The van der Waals surface area contributed by atoms with Gasteiger partial charge in [-0.3, -0.25) is 4.90 Å². The van der Waals surface area contributed by atoms with Gasteiger partial charge in [0.1, 0.15) is 0 Å². The van der Waals surface area contributed by atoms with Gasteiger partial charge in [0.05, 0.1) is 6.10 Å². The van der Waals surface area contributed by atoms with Gasteiger partial charge in [0.2, 0.25) is 0 Å². The Morgan fingerprint density at radius 2 is 1.89 bits per heavy atom. The molecule has 3 rings (SSSR count). The lowest BCUT2D eigenvalue weighted by atomic mass is 9.84. The van der Waals surface area contributed by atoms with E-state index in [1.807, 2.05) is 0 Å². The molecule has 0 spiro atoms. The van der Waals surface area contributed by atoms with Gasteiger partial charge >= 0.3 is 0 Å². The van der Waals surface area contributed by atoms with Crippen LogP contribution in [0.2, 0.25) is 0 Å². The van der Waals surface area contributed by atoms with E-state index in [-0.39, 0.29) is 11.5 Å². The Hall–Kier alpha value is -0.0800. The summed E-state index contributed by atoms with van der Waals surface area (Å²) in [5, 5.41) is 10.4. The molecule has 3 aliphatic rings. The maximum absolute atomic E-state index is 10.4. The Labute approximate surface area is 112 Å². The summed E-state index contributed by atoms with van der Waals surface area (Å²) in [6.45, 7) is 6.90. The Kier molecular flexibility index (Phi) is 3.44. The molecule has 0 amide bonds. The molecule has 18 heavy (non-hydrogen) atoms. The molecule has 2 heteroatoms. The molecule has 3 fully saturated rings. The highest BCUT2D eigenvalue weighted by Crippen LogP contribution is 2.43. The highest BCUT2D eigenvalue weighted by molar-refractivity contribution is 4.96. The summed E-state index contributed by atoms with van der Waals surface area (Å²) in [4.78, 5) is 2.72. The lowest BCUT2D eigenvalue weighted by Gasteiger charge is -2.34. The first-order valence-electron chi connectivity index (χ1n) is 8.00. The molecule has 0 aromatic carbocycles. The highest BCUT2D eigenvalue weighted by Gasteiger charge is 2.43. The van der Waals surface area contributed by atoms with Crippen molar-refractivity contribution in [2.75, 3.05) is 13.1 Å². The monoisotopic (exact) mass is 251 g/mol. The average Bonchev–Trinajstić information content (AvgIpc) is 2.87. The highest BCUT2D eigenvalue weighted by atomic mass is 16.3. The molecule has 4 unspecified atom stereocenters. The van der Waals surface area contributed by atoms with Gasteiger partial charge in [-0.2, -0.15) is 0 Å². The minimum Gasteiger partial charge on any atom is -0.392 e. The first-order valence-corrected chi connectivity index (χ1v) is 8.00. The van der Waals surface area contributed by atoms with Crippen LogP contribution in [0.1, 0.15) is 58.8 Å². The van der Waals surface area contributed by atoms with Gasteiger partial charge in [-0.15, -0.1) is 0 Å². The van der Waals surface area contributed by atoms with Crippen LogP contribution < -0.4 is 0 Å². The van der Waals surface area contributed by atoms with Crippen LogP contribution in [-0.4, -0.2) is 35.2 Å². The van der Waals surface area contributed by atoms with E-state index < -0.39 is 0 Å². The third-order valence-corrected chi connectivity index (χ3v) is 6.00. The molecular weight excluding hydrogens is 222 g/mol. The Balaban J connectivity index is 1.60. The summed E-state index contributed by atoms with van der Waals surface area (Å²) in [6, 6.07) is 0.856. The van der Waals surface area contributed by atoms with E-state index >= 15 is 0 Å². The summed E-state index contributed by atoms with van der Waals surface area (Å²) < 4.78 is 0. The Bertz CT molecular complexity index is 301. The second-order valence-electron chi connectivity index (χ2n) is 7.63. The normalized spacial score (nSPS) is 44.2. The third-order valence-electron chi connectivity index (χ3n) is 6.00. The van der Waals surface area contributed by atoms with E-state index in [0.717, 1.165) is 18.5 Å². The fourth-order valence-electron chi connectivity index (χ4n) is 4.72. The van der Waals surface area contributed by atoms with Gasteiger partial charge in [0.25, 0.3) is 0 Å². The zero-order valence-electron chi connectivity index (χ0n) is 12.1. The smallest absolute Gasteiger partial charge is 0.0631 e. The van der Waals surface area contributed by atoms with Gasteiger partial charge < -0.3 is 5.11 Å². The van der Waals surface area contributed by atoms with Crippen molar-refractivity contribution in [3.8, 4) is 0 Å². The summed E-state index contributed by atoms with van der Waals surface area (Å²) in [5.74, 6) is 1.51. The van der Waals surface area contributed by atoms with Crippen LogP contribution in [0, 0.1) is 17.3 Å². The van der Waals surface area contributed by atoms with Crippen LogP contribution in [0.15, 0.2) is 0 Å². The quantitative estimate of drug-likeness (QED) is 0.815. The number of nitrogens with zero attached hydrogens (tertiary/aromatic N) is 1. The second kappa shape index (κ2) is 4.79. The lowest BCUT2D eigenvalue weighted by Crippen LogP contribution is -2.41. The van der Waals surface area contributed by atoms with Gasteiger partial charge in [0, 0.05) is 12.6 Å². The molecule has 0 radical (unpaired) electrons. The minimum atomic E-state index is -0.0832. The first kappa shape index (κ1) is 12.9. The Morgan fingerprint density at radius 3 is 2.61 bits per heavy atom. The predicted molar refractivity (Wildman–Crippen MR) is 74.4 cm³/mol. The van der Waals surface area contributed by atoms with E-state index in [0.29, 0.717) is 5.92 Å². The molecule has 1 saturated heterocycles. The summed E-state index contributed by atoms with van der Waals surface area (Å²) >= 11 is 0. The van der Waals surface area contributed by atoms with E-state index in [1.54, 1.807) is 0 Å². The molecule has 2 aliphatic carbocycles. The first-order chi connectivity index (χ1) is 8.58. The number of aliphatic hydroxyl groups is 1. The van der Waals surface area contributed by atoms with Crippen molar-refractivity contribution in [3.63, 3.8) is 0 Å². The van der Waals surface area contributed by atoms with Crippen LogP contribution in [0.25, 0.3) is 0 Å². The van der Waals surface area contributed by atoms with Crippen molar-refractivity contribution in [3.05, 3.63) is 0 Å². The van der Waals surface area contributed by atoms with Crippen LogP contribution >= 0.6 is 0 Å². The number of hydrogen-bond acceptors (Lipinski definition) is 2. The predicted octanol–water partition coefficient (Wildman–Crippen LogP) is 3.05. The second-order valence-corrected chi connectivity index (χ2v) is 7.63. The molecule has 2 nitrogen and oxygen atoms in total. The van der Waals surface area contributed by atoms with Crippen molar-refractivity contribution in [2.24, 2.45) is 17.3 Å². The van der Waals surface area contributed by atoms with E-state index in [1.165, 1.54) is 51.5 Å². The molecule has 0 aromatic rings. The summed E-state index contributed by atoms with van der Waals surface area (Å²) in [6.07, 6.45) is 9.50. The number of likely N-dealkylation sites (tertiary alicyclic amines) is 1. The van der Waals surface area contributed by atoms with Gasteiger partial charge in [0.15, 0.2) is 0 Å². The van der Waals surface area contributed by atoms with Crippen LogP contribution in [-0.2, 0) is 0 Å². The van der Waals surface area contributed by atoms with Crippen LogP contribution in [0.3, 0.4) is 0 Å². The topological polar surface area (TPSA) is 23.5 Å². The molecule has 104 valence electrons. The SMILES string of the molecule is CC1(C)CCC(CN2CCC3CCCCC32)C1O. The zero-order chi connectivity index (χ0) is 12.8. The average molecular weight is 251 g/mol.